The van der Waals surface area contributed by atoms with Gasteiger partial charge in [0, 0.05) is 11.8 Å². The standard InChI is InChI=1S/C20H14ClFN2O4S/c1-10-6-17(24-19(25)13-4-2-11(22)7-14(13)21)29-18(10)20(26)23-12-3-5-15-16(8-12)28-9-27-15/h2-8H,9H2,1H3,(H,23,26)(H,24,25). The van der Waals surface area contributed by atoms with E-state index in [4.69, 9.17) is 21.1 Å². The summed E-state index contributed by atoms with van der Waals surface area (Å²) in [5.41, 5.74) is 1.41. The van der Waals surface area contributed by atoms with Crippen LogP contribution in [0.3, 0.4) is 0 Å². The molecule has 2 amide bonds. The molecule has 0 fully saturated rings. The minimum atomic E-state index is -0.527. The van der Waals surface area contributed by atoms with Crippen molar-refractivity contribution in [2.24, 2.45) is 0 Å². The van der Waals surface area contributed by atoms with Gasteiger partial charge in [-0.05, 0) is 48.9 Å². The molecule has 0 spiro atoms. The van der Waals surface area contributed by atoms with Gasteiger partial charge in [-0.2, -0.15) is 0 Å². The molecule has 1 aliphatic rings. The molecule has 3 aromatic rings. The van der Waals surface area contributed by atoms with Crippen molar-refractivity contribution >= 4 is 45.4 Å². The van der Waals surface area contributed by atoms with Crippen molar-refractivity contribution < 1.29 is 23.5 Å². The highest BCUT2D eigenvalue weighted by molar-refractivity contribution is 7.18. The number of aryl methyl sites for hydroxylation is 1. The largest absolute Gasteiger partial charge is 0.454 e. The quantitative estimate of drug-likeness (QED) is 0.602. The van der Waals surface area contributed by atoms with Gasteiger partial charge in [-0.3, -0.25) is 9.59 Å². The lowest BCUT2D eigenvalue weighted by atomic mass is 10.2. The monoisotopic (exact) mass is 432 g/mol. The third-order valence-corrected chi connectivity index (χ3v) is 5.63. The highest BCUT2D eigenvalue weighted by Crippen LogP contribution is 2.35. The van der Waals surface area contributed by atoms with Crippen LogP contribution in [-0.4, -0.2) is 18.6 Å². The summed E-state index contributed by atoms with van der Waals surface area (Å²) in [5, 5.41) is 5.98. The number of benzene rings is 2. The Morgan fingerprint density at radius 1 is 1.03 bits per heavy atom. The van der Waals surface area contributed by atoms with Crippen LogP contribution in [0.15, 0.2) is 42.5 Å². The number of hydrogen-bond acceptors (Lipinski definition) is 5. The van der Waals surface area contributed by atoms with E-state index in [2.05, 4.69) is 10.6 Å². The Bertz CT molecular complexity index is 1130. The summed E-state index contributed by atoms with van der Waals surface area (Å²) in [4.78, 5) is 25.5. The molecular formula is C20H14ClFN2O4S. The maximum absolute atomic E-state index is 13.2. The number of anilines is 2. The fraction of sp³-hybridized carbons (Fsp3) is 0.100. The number of carbonyl (C=O) groups excluding carboxylic acids is 2. The van der Waals surface area contributed by atoms with Crippen molar-refractivity contribution in [2.75, 3.05) is 17.4 Å². The van der Waals surface area contributed by atoms with Crippen molar-refractivity contribution in [3.8, 4) is 11.5 Å². The second-order valence-corrected chi connectivity index (χ2v) is 7.68. The number of thiophene rings is 1. The molecular weight excluding hydrogens is 419 g/mol. The SMILES string of the molecule is Cc1cc(NC(=O)c2ccc(F)cc2Cl)sc1C(=O)Nc1ccc2c(c1)OCO2. The summed E-state index contributed by atoms with van der Waals surface area (Å²) in [6, 6.07) is 10.3. The summed E-state index contributed by atoms with van der Waals surface area (Å²) < 4.78 is 23.7. The number of nitrogens with one attached hydrogen (secondary N) is 2. The zero-order valence-corrected chi connectivity index (χ0v) is 16.6. The molecule has 29 heavy (non-hydrogen) atoms. The minimum absolute atomic E-state index is 0.0107. The molecule has 1 aromatic heterocycles. The molecule has 0 saturated heterocycles. The summed E-state index contributed by atoms with van der Waals surface area (Å²) in [7, 11) is 0. The third-order valence-electron chi connectivity index (χ3n) is 4.17. The molecule has 0 bridgehead atoms. The molecule has 148 valence electrons. The maximum Gasteiger partial charge on any atom is 0.266 e. The fourth-order valence-corrected chi connectivity index (χ4v) is 4.00. The van der Waals surface area contributed by atoms with E-state index in [1.807, 2.05) is 0 Å². The Kier molecular flexibility index (Phi) is 5.12. The van der Waals surface area contributed by atoms with Gasteiger partial charge < -0.3 is 20.1 Å². The molecule has 1 aliphatic heterocycles. The van der Waals surface area contributed by atoms with E-state index in [0.29, 0.717) is 32.6 Å². The van der Waals surface area contributed by atoms with Crippen LogP contribution in [0.5, 0.6) is 11.5 Å². The van der Waals surface area contributed by atoms with Gasteiger partial charge in [0.1, 0.15) is 5.82 Å². The number of rotatable bonds is 4. The number of ether oxygens (including phenoxy) is 2. The molecule has 0 saturated carbocycles. The topological polar surface area (TPSA) is 76.7 Å². The highest BCUT2D eigenvalue weighted by Gasteiger charge is 2.19. The van der Waals surface area contributed by atoms with Crippen LogP contribution >= 0.6 is 22.9 Å². The Labute approximate surface area is 174 Å². The van der Waals surface area contributed by atoms with E-state index in [1.54, 1.807) is 31.2 Å². The van der Waals surface area contributed by atoms with Crippen LogP contribution in [0, 0.1) is 12.7 Å². The van der Waals surface area contributed by atoms with Crippen molar-refractivity contribution in [2.45, 2.75) is 6.92 Å². The molecule has 0 radical (unpaired) electrons. The van der Waals surface area contributed by atoms with Gasteiger partial charge in [-0.25, -0.2) is 4.39 Å². The van der Waals surface area contributed by atoms with Gasteiger partial charge >= 0.3 is 0 Å². The Balaban J connectivity index is 1.48. The first kappa shape index (κ1) is 19.2. The summed E-state index contributed by atoms with van der Waals surface area (Å²) in [5.74, 6) is -0.138. The maximum atomic E-state index is 13.2. The number of halogens is 2. The molecule has 6 nitrogen and oxygen atoms in total. The zero-order valence-electron chi connectivity index (χ0n) is 15.0. The molecule has 2 heterocycles. The van der Waals surface area contributed by atoms with Crippen LogP contribution in [0.4, 0.5) is 15.1 Å². The van der Waals surface area contributed by atoms with Gasteiger partial charge in [0.25, 0.3) is 11.8 Å². The first-order valence-electron chi connectivity index (χ1n) is 8.48. The predicted molar refractivity (Wildman–Crippen MR) is 109 cm³/mol. The number of amides is 2. The number of fused-ring (bicyclic) bond motifs is 1. The van der Waals surface area contributed by atoms with E-state index >= 15 is 0 Å². The molecule has 4 rings (SSSR count). The number of hydrogen-bond donors (Lipinski definition) is 2. The average molecular weight is 433 g/mol. The van der Waals surface area contributed by atoms with Crippen LogP contribution in [0.1, 0.15) is 25.6 Å². The van der Waals surface area contributed by atoms with Gasteiger partial charge in [-0.15, -0.1) is 11.3 Å². The van der Waals surface area contributed by atoms with Crippen LogP contribution in [0.2, 0.25) is 5.02 Å². The second-order valence-electron chi connectivity index (χ2n) is 6.22. The van der Waals surface area contributed by atoms with Crippen LogP contribution in [0.25, 0.3) is 0 Å². The van der Waals surface area contributed by atoms with Crippen molar-refractivity contribution in [1.29, 1.82) is 0 Å². The molecule has 0 unspecified atom stereocenters. The molecule has 2 N–H and O–H groups in total. The van der Waals surface area contributed by atoms with E-state index in [-0.39, 0.29) is 23.3 Å². The molecule has 0 aliphatic carbocycles. The first-order chi connectivity index (χ1) is 13.9. The Morgan fingerprint density at radius 2 is 1.83 bits per heavy atom. The Hall–Kier alpha value is -3.10. The van der Waals surface area contributed by atoms with Gasteiger partial charge in [0.2, 0.25) is 6.79 Å². The van der Waals surface area contributed by atoms with E-state index in [1.165, 1.54) is 6.07 Å². The fourth-order valence-electron chi connectivity index (χ4n) is 2.78. The van der Waals surface area contributed by atoms with Crippen molar-refractivity contribution in [3.05, 3.63) is 69.3 Å². The summed E-state index contributed by atoms with van der Waals surface area (Å²) in [6.07, 6.45) is 0. The average Bonchev–Trinajstić information content (AvgIpc) is 3.27. The molecule has 0 atom stereocenters. The van der Waals surface area contributed by atoms with Gasteiger partial charge in [-0.1, -0.05) is 11.6 Å². The first-order valence-corrected chi connectivity index (χ1v) is 9.68. The lowest BCUT2D eigenvalue weighted by molar-refractivity contribution is 0.102. The second kappa shape index (κ2) is 7.73. The van der Waals surface area contributed by atoms with E-state index < -0.39 is 11.7 Å². The van der Waals surface area contributed by atoms with Crippen molar-refractivity contribution in [1.82, 2.24) is 0 Å². The third kappa shape index (κ3) is 4.03. The zero-order chi connectivity index (χ0) is 20.5. The summed E-state index contributed by atoms with van der Waals surface area (Å²) in [6.45, 7) is 1.92. The van der Waals surface area contributed by atoms with Gasteiger partial charge in [0.15, 0.2) is 11.5 Å². The Morgan fingerprint density at radius 3 is 2.62 bits per heavy atom. The minimum Gasteiger partial charge on any atom is -0.454 e. The predicted octanol–water partition coefficient (Wildman–Crippen LogP) is 5.08. The number of carbonyl (C=O) groups is 2. The van der Waals surface area contributed by atoms with Crippen LogP contribution < -0.4 is 20.1 Å². The normalized spacial score (nSPS) is 12.0. The molecule has 2 aromatic carbocycles. The van der Waals surface area contributed by atoms with Crippen molar-refractivity contribution in [3.63, 3.8) is 0 Å². The summed E-state index contributed by atoms with van der Waals surface area (Å²) >= 11 is 7.05. The van der Waals surface area contributed by atoms with E-state index in [9.17, 15) is 14.0 Å². The lowest BCUT2D eigenvalue weighted by Crippen LogP contribution is -2.12. The van der Waals surface area contributed by atoms with Crippen LogP contribution in [-0.2, 0) is 0 Å². The van der Waals surface area contributed by atoms with Gasteiger partial charge in [0.05, 0.1) is 20.5 Å². The smallest absolute Gasteiger partial charge is 0.266 e. The molecule has 9 heteroatoms. The van der Waals surface area contributed by atoms with E-state index in [0.717, 1.165) is 23.5 Å². The lowest BCUT2D eigenvalue weighted by Gasteiger charge is -2.06. The highest BCUT2D eigenvalue weighted by atomic mass is 35.5.